The number of aromatic nitrogens is 3. The highest BCUT2D eigenvalue weighted by atomic mass is 32.2. The van der Waals surface area contributed by atoms with Gasteiger partial charge in [-0.05, 0) is 36.8 Å². The van der Waals surface area contributed by atoms with Crippen LogP contribution in [0.15, 0.2) is 50.6 Å². The summed E-state index contributed by atoms with van der Waals surface area (Å²) >= 11 is 0. The Kier molecular flexibility index (Phi) is 4.06. The second-order valence-corrected chi connectivity index (χ2v) is 7.35. The van der Waals surface area contributed by atoms with Crippen LogP contribution in [0.3, 0.4) is 0 Å². The molecule has 3 rings (SSSR count). The summed E-state index contributed by atoms with van der Waals surface area (Å²) < 4.78 is 28.2. The number of aryl methyl sites for hydroxylation is 1. The molecule has 0 fully saturated rings. The monoisotopic (exact) mass is 345 g/mol. The smallest absolute Gasteiger partial charge is 0.258 e. The van der Waals surface area contributed by atoms with E-state index in [0.717, 1.165) is 11.9 Å². The van der Waals surface area contributed by atoms with Crippen LogP contribution in [-0.4, -0.2) is 29.8 Å². The van der Waals surface area contributed by atoms with Gasteiger partial charge in [0.05, 0.1) is 4.90 Å². The molecule has 2 heterocycles. The Balaban J connectivity index is 1.96. The number of pyridine rings is 1. The van der Waals surface area contributed by atoms with Gasteiger partial charge in [0.2, 0.25) is 11.4 Å². The first-order valence-corrected chi connectivity index (χ1v) is 9.14. The van der Waals surface area contributed by atoms with Crippen molar-refractivity contribution >= 4 is 9.84 Å². The lowest BCUT2D eigenvalue weighted by Crippen LogP contribution is -2.07. The van der Waals surface area contributed by atoms with E-state index in [4.69, 9.17) is 4.52 Å². The summed E-state index contributed by atoms with van der Waals surface area (Å²) in [6.07, 6.45) is 1.82. The van der Waals surface area contributed by atoms with E-state index in [2.05, 4.69) is 15.1 Å². The molecule has 1 aromatic carbocycles. The number of H-pyrrole nitrogens is 1. The fourth-order valence-corrected chi connectivity index (χ4v) is 2.85. The molecule has 0 unspecified atom stereocenters. The van der Waals surface area contributed by atoms with Crippen LogP contribution in [0.2, 0.25) is 0 Å². The van der Waals surface area contributed by atoms with E-state index in [9.17, 15) is 13.2 Å². The van der Waals surface area contributed by atoms with Crippen LogP contribution in [-0.2, 0) is 16.3 Å². The fourth-order valence-electron chi connectivity index (χ4n) is 2.22. The van der Waals surface area contributed by atoms with E-state index in [1.807, 2.05) is 6.92 Å². The second-order valence-electron chi connectivity index (χ2n) is 5.33. The molecule has 0 aliphatic carbocycles. The van der Waals surface area contributed by atoms with Crippen LogP contribution in [0.5, 0.6) is 0 Å². The van der Waals surface area contributed by atoms with Crippen LogP contribution in [0.1, 0.15) is 12.6 Å². The molecule has 2 aromatic heterocycles. The standard InChI is InChI=1S/C16H15N3O4S/c1-3-12-8-11(9-14(20)17-12)16-18-15(19-23-16)10-4-6-13(7-5-10)24(2,21)22/h4-9H,3H2,1-2H3,(H,17,20). The minimum absolute atomic E-state index is 0.220. The molecule has 7 nitrogen and oxygen atoms in total. The van der Waals surface area contributed by atoms with Gasteiger partial charge in [-0.3, -0.25) is 4.79 Å². The molecule has 0 saturated heterocycles. The predicted octanol–water partition coefficient (Wildman–Crippen LogP) is 2.06. The van der Waals surface area contributed by atoms with E-state index in [-0.39, 0.29) is 16.3 Å². The van der Waals surface area contributed by atoms with Crippen LogP contribution >= 0.6 is 0 Å². The molecular weight excluding hydrogens is 330 g/mol. The molecule has 8 heteroatoms. The predicted molar refractivity (Wildman–Crippen MR) is 88.3 cm³/mol. The lowest BCUT2D eigenvalue weighted by Gasteiger charge is -1.99. The maximum Gasteiger partial charge on any atom is 0.258 e. The van der Waals surface area contributed by atoms with Crippen LogP contribution in [0.4, 0.5) is 0 Å². The van der Waals surface area contributed by atoms with Gasteiger partial charge in [-0.1, -0.05) is 12.1 Å². The van der Waals surface area contributed by atoms with Crippen molar-refractivity contribution < 1.29 is 12.9 Å². The Morgan fingerprint density at radius 2 is 1.83 bits per heavy atom. The Morgan fingerprint density at radius 3 is 2.46 bits per heavy atom. The van der Waals surface area contributed by atoms with E-state index in [0.29, 0.717) is 23.4 Å². The van der Waals surface area contributed by atoms with Gasteiger partial charge in [-0.25, -0.2) is 8.42 Å². The molecule has 24 heavy (non-hydrogen) atoms. The summed E-state index contributed by atoms with van der Waals surface area (Å²) in [5, 5.41) is 3.89. The van der Waals surface area contributed by atoms with Crippen molar-refractivity contribution in [2.75, 3.05) is 6.26 Å². The number of nitrogens with one attached hydrogen (secondary N) is 1. The number of rotatable bonds is 4. The van der Waals surface area contributed by atoms with Gasteiger partial charge in [0.15, 0.2) is 9.84 Å². The Hall–Kier alpha value is -2.74. The summed E-state index contributed by atoms with van der Waals surface area (Å²) in [5.74, 6) is 0.557. The average molecular weight is 345 g/mol. The molecular formula is C16H15N3O4S. The van der Waals surface area contributed by atoms with Crippen molar-refractivity contribution in [2.45, 2.75) is 18.2 Å². The third kappa shape index (κ3) is 3.28. The summed E-state index contributed by atoms with van der Waals surface area (Å²) in [4.78, 5) is 18.9. The fraction of sp³-hybridized carbons (Fsp3) is 0.188. The Bertz CT molecular complexity index is 1030. The Morgan fingerprint density at radius 1 is 1.12 bits per heavy atom. The molecule has 3 aromatic rings. The number of hydrogen-bond acceptors (Lipinski definition) is 6. The first-order chi connectivity index (χ1) is 11.4. The zero-order valence-electron chi connectivity index (χ0n) is 13.1. The largest absolute Gasteiger partial charge is 0.334 e. The quantitative estimate of drug-likeness (QED) is 0.776. The van der Waals surface area contributed by atoms with Gasteiger partial charge < -0.3 is 9.51 Å². The molecule has 1 N–H and O–H groups in total. The second kappa shape index (κ2) is 6.04. The molecule has 0 amide bonds. The minimum atomic E-state index is -3.25. The minimum Gasteiger partial charge on any atom is -0.334 e. The first-order valence-electron chi connectivity index (χ1n) is 7.24. The van der Waals surface area contributed by atoms with Gasteiger partial charge in [-0.2, -0.15) is 4.98 Å². The van der Waals surface area contributed by atoms with Gasteiger partial charge >= 0.3 is 0 Å². The average Bonchev–Trinajstić information content (AvgIpc) is 3.03. The van der Waals surface area contributed by atoms with Gasteiger partial charge in [0, 0.05) is 29.1 Å². The van der Waals surface area contributed by atoms with Crippen molar-refractivity contribution in [1.29, 1.82) is 0 Å². The van der Waals surface area contributed by atoms with E-state index >= 15 is 0 Å². The number of aromatic amines is 1. The number of sulfone groups is 1. The molecule has 124 valence electrons. The van der Waals surface area contributed by atoms with Crippen molar-refractivity contribution in [3.63, 3.8) is 0 Å². The highest BCUT2D eigenvalue weighted by Crippen LogP contribution is 2.23. The van der Waals surface area contributed by atoms with Crippen molar-refractivity contribution in [1.82, 2.24) is 15.1 Å². The van der Waals surface area contributed by atoms with E-state index in [1.165, 1.54) is 18.2 Å². The van der Waals surface area contributed by atoms with Gasteiger partial charge in [-0.15, -0.1) is 0 Å². The highest BCUT2D eigenvalue weighted by molar-refractivity contribution is 7.90. The molecule has 0 spiro atoms. The molecule has 0 aliphatic rings. The van der Waals surface area contributed by atoms with Crippen LogP contribution < -0.4 is 5.56 Å². The van der Waals surface area contributed by atoms with Crippen LogP contribution in [0.25, 0.3) is 22.8 Å². The summed E-state index contributed by atoms with van der Waals surface area (Å²) in [5.41, 5.74) is 1.71. The zero-order chi connectivity index (χ0) is 17.3. The molecule has 0 bridgehead atoms. The van der Waals surface area contributed by atoms with E-state index < -0.39 is 9.84 Å². The maximum absolute atomic E-state index is 11.6. The highest BCUT2D eigenvalue weighted by Gasteiger charge is 2.13. The molecule has 0 aliphatic heterocycles. The van der Waals surface area contributed by atoms with Gasteiger partial charge in [0.1, 0.15) is 0 Å². The third-order valence-electron chi connectivity index (χ3n) is 3.49. The van der Waals surface area contributed by atoms with Gasteiger partial charge in [0.25, 0.3) is 5.89 Å². The van der Waals surface area contributed by atoms with Crippen molar-refractivity contribution in [3.05, 3.63) is 52.4 Å². The summed E-state index contributed by atoms with van der Waals surface area (Å²) in [7, 11) is -3.25. The number of benzene rings is 1. The molecule has 0 radical (unpaired) electrons. The SMILES string of the molecule is CCc1cc(-c2nc(-c3ccc(S(C)(=O)=O)cc3)no2)cc(=O)[nH]1. The number of hydrogen-bond donors (Lipinski definition) is 1. The normalized spacial score (nSPS) is 11.6. The maximum atomic E-state index is 11.6. The van der Waals surface area contributed by atoms with Crippen molar-refractivity contribution in [2.24, 2.45) is 0 Å². The lowest BCUT2D eigenvalue weighted by atomic mass is 10.2. The lowest BCUT2D eigenvalue weighted by molar-refractivity contribution is 0.432. The summed E-state index contributed by atoms with van der Waals surface area (Å²) in [6.45, 7) is 1.93. The summed E-state index contributed by atoms with van der Waals surface area (Å²) in [6, 6.07) is 9.38. The third-order valence-corrected chi connectivity index (χ3v) is 4.62. The Labute approximate surface area is 138 Å². The van der Waals surface area contributed by atoms with Crippen LogP contribution in [0, 0.1) is 0 Å². The first kappa shape index (κ1) is 16.1. The topological polar surface area (TPSA) is 106 Å². The van der Waals surface area contributed by atoms with Crippen molar-refractivity contribution in [3.8, 4) is 22.8 Å². The number of nitrogens with zero attached hydrogens (tertiary/aromatic N) is 2. The molecule has 0 saturated carbocycles. The van der Waals surface area contributed by atoms with E-state index in [1.54, 1.807) is 18.2 Å². The molecule has 0 atom stereocenters. The zero-order valence-corrected chi connectivity index (χ0v) is 13.9.